The second kappa shape index (κ2) is 5.28. The minimum Gasteiger partial charge on any atom is -0.493 e. The SMILES string of the molecule is COC(=O)C1(Oc2c(Br)ccc(OC)c2OC)CC1. The number of carbonyl (C=O) groups is 1. The highest BCUT2D eigenvalue weighted by molar-refractivity contribution is 9.10. The number of rotatable bonds is 5. The highest BCUT2D eigenvalue weighted by Crippen LogP contribution is 2.49. The maximum Gasteiger partial charge on any atom is 0.350 e. The molecule has 1 aromatic rings. The van der Waals surface area contributed by atoms with Gasteiger partial charge in [0.1, 0.15) is 0 Å². The molecule has 1 fully saturated rings. The molecule has 1 aromatic carbocycles. The van der Waals surface area contributed by atoms with Crippen LogP contribution >= 0.6 is 15.9 Å². The maximum absolute atomic E-state index is 11.7. The Bertz CT molecular complexity index is 496. The minimum absolute atomic E-state index is 0.371. The van der Waals surface area contributed by atoms with E-state index in [0.717, 1.165) is 0 Å². The summed E-state index contributed by atoms with van der Waals surface area (Å²) in [5, 5.41) is 0. The van der Waals surface area contributed by atoms with Crippen LogP contribution in [0, 0.1) is 0 Å². The number of methoxy groups -OCH3 is 3. The zero-order valence-electron chi connectivity index (χ0n) is 11.0. The third-order valence-corrected chi connectivity index (χ3v) is 3.64. The van der Waals surface area contributed by atoms with E-state index in [2.05, 4.69) is 15.9 Å². The van der Waals surface area contributed by atoms with E-state index in [1.165, 1.54) is 14.2 Å². The summed E-state index contributed by atoms with van der Waals surface area (Å²) in [6.45, 7) is 0. The van der Waals surface area contributed by atoms with Gasteiger partial charge in [0.2, 0.25) is 11.4 Å². The summed E-state index contributed by atoms with van der Waals surface area (Å²) in [6, 6.07) is 3.54. The van der Waals surface area contributed by atoms with E-state index in [1.807, 2.05) is 0 Å². The second-order valence-electron chi connectivity index (χ2n) is 4.20. The van der Waals surface area contributed by atoms with Crippen molar-refractivity contribution in [1.82, 2.24) is 0 Å². The van der Waals surface area contributed by atoms with Gasteiger partial charge in [0.05, 0.1) is 25.8 Å². The van der Waals surface area contributed by atoms with Gasteiger partial charge in [-0.25, -0.2) is 4.79 Å². The Morgan fingerprint density at radius 1 is 1.16 bits per heavy atom. The second-order valence-corrected chi connectivity index (χ2v) is 5.05. The van der Waals surface area contributed by atoms with E-state index in [9.17, 15) is 4.79 Å². The quantitative estimate of drug-likeness (QED) is 0.776. The Kier molecular flexibility index (Phi) is 3.89. The lowest BCUT2D eigenvalue weighted by atomic mass is 10.2. The molecule has 6 heteroatoms. The van der Waals surface area contributed by atoms with Gasteiger partial charge in [-0.3, -0.25) is 0 Å². The van der Waals surface area contributed by atoms with Gasteiger partial charge in [0.25, 0.3) is 0 Å². The third-order valence-electron chi connectivity index (χ3n) is 3.01. The Hall–Kier alpha value is -1.43. The van der Waals surface area contributed by atoms with Crippen molar-refractivity contribution in [2.24, 2.45) is 0 Å². The number of hydrogen-bond acceptors (Lipinski definition) is 5. The van der Waals surface area contributed by atoms with Gasteiger partial charge in [-0.1, -0.05) is 0 Å². The molecule has 2 rings (SSSR count). The molecule has 0 N–H and O–H groups in total. The fraction of sp³-hybridized carbons (Fsp3) is 0.462. The molecule has 1 aliphatic rings. The standard InChI is InChI=1S/C13H15BrO5/c1-16-9-5-4-8(14)10(11(9)17-2)19-13(6-7-13)12(15)18-3/h4-5H,6-7H2,1-3H3. The predicted octanol–water partition coefficient (Wildman–Crippen LogP) is 2.55. The van der Waals surface area contributed by atoms with Gasteiger partial charge in [-0.15, -0.1) is 0 Å². The largest absolute Gasteiger partial charge is 0.493 e. The highest BCUT2D eigenvalue weighted by atomic mass is 79.9. The van der Waals surface area contributed by atoms with E-state index in [1.54, 1.807) is 19.2 Å². The smallest absolute Gasteiger partial charge is 0.350 e. The third kappa shape index (κ3) is 2.49. The molecule has 0 saturated heterocycles. The molecule has 104 valence electrons. The van der Waals surface area contributed by atoms with Crippen molar-refractivity contribution in [1.29, 1.82) is 0 Å². The van der Waals surface area contributed by atoms with Crippen molar-refractivity contribution in [3.63, 3.8) is 0 Å². The van der Waals surface area contributed by atoms with Crippen molar-refractivity contribution in [3.8, 4) is 17.2 Å². The Morgan fingerprint density at radius 2 is 1.84 bits per heavy atom. The van der Waals surface area contributed by atoms with Crippen molar-refractivity contribution in [2.75, 3.05) is 21.3 Å². The monoisotopic (exact) mass is 330 g/mol. The number of halogens is 1. The van der Waals surface area contributed by atoms with Gasteiger partial charge in [0.15, 0.2) is 11.5 Å². The van der Waals surface area contributed by atoms with Crippen molar-refractivity contribution in [3.05, 3.63) is 16.6 Å². The predicted molar refractivity (Wildman–Crippen MR) is 71.9 cm³/mol. The van der Waals surface area contributed by atoms with Crippen LogP contribution in [0.5, 0.6) is 17.2 Å². The van der Waals surface area contributed by atoms with Crippen LogP contribution in [0.15, 0.2) is 16.6 Å². The zero-order valence-corrected chi connectivity index (χ0v) is 12.6. The minimum atomic E-state index is -0.892. The molecule has 0 bridgehead atoms. The van der Waals surface area contributed by atoms with Crippen LogP contribution < -0.4 is 14.2 Å². The molecule has 5 nitrogen and oxygen atoms in total. The summed E-state index contributed by atoms with van der Waals surface area (Å²) in [5.74, 6) is 1.07. The molecule has 0 heterocycles. The molecule has 0 aliphatic heterocycles. The first-order chi connectivity index (χ1) is 9.07. The van der Waals surface area contributed by atoms with Crippen LogP contribution in [-0.2, 0) is 9.53 Å². The van der Waals surface area contributed by atoms with E-state index in [4.69, 9.17) is 18.9 Å². The lowest BCUT2D eigenvalue weighted by molar-refractivity contribution is -0.151. The molecule has 19 heavy (non-hydrogen) atoms. The summed E-state index contributed by atoms with van der Waals surface area (Å²) >= 11 is 3.39. The summed E-state index contributed by atoms with van der Waals surface area (Å²) in [6.07, 6.45) is 1.26. The van der Waals surface area contributed by atoms with Crippen LogP contribution in [0.1, 0.15) is 12.8 Å². The number of benzene rings is 1. The van der Waals surface area contributed by atoms with Gasteiger partial charge < -0.3 is 18.9 Å². The van der Waals surface area contributed by atoms with Gasteiger partial charge >= 0.3 is 5.97 Å². The highest BCUT2D eigenvalue weighted by Gasteiger charge is 2.55. The molecular formula is C13H15BrO5. The molecule has 0 unspecified atom stereocenters. The summed E-state index contributed by atoms with van der Waals surface area (Å²) in [4.78, 5) is 11.7. The van der Waals surface area contributed by atoms with Crippen LogP contribution in [0.2, 0.25) is 0 Å². The van der Waals surface area contributed by atoms with Gasteiger partial charge in [0, 0.05) is 12.8 Å². The molecule has 1 saturated carbocycles. The van der Waals surface area contributed by atoms with E-state index in [-0.39, 0.29) is 5.97 Å². The van der Waals surface area contributed by atoms with Crippen LogP contribution in [0.3, 0.4) is 0 Å². The molecule has 0 aromatic heterocycles. The first kappa shape index (κ1) is 14.0. The van der Waals surface area contributed by atoms with Crippen molar-refractivity contribution in [2.45, 2.75) is 18.4 Å². The maximum atomic E-state index is 11.7. The Labute approximate surface area is 119 Å². The lowest BCUT2D eigenvalue weighted by Crippen LogP contribution is -2.31. The Balaban J connectivity index is 2.37. The molecule has 1 aliphatic carbocycles. The van der Waals surface area contributed by atoms with E-state index in [0.29, 0.717) is 34.6 Å². The molecule has 0 amide bonds. The summed E-state index contributed by atoms with van der Waals surface area (Å²) < 4.78 is 21.8. The average Bonchev–Trinajstić information content (AvgIpc) is 3.20. The van der Waals surface area contributed by atoms with Gasteiger partial charge in [-0.05, 0) is 28.1 Å². The summed E-state index contributed by atoms with van der Waals surface area (Å²) in [7, 11) is 4.42. The van der Waals surface area contributed by atoms with Crippen LogP contribution in [0.25, 0.3) is 0 Å². The molecule has 0 atom stereocenters. The Morgan fingerprint density at radius 3 is 2.32 bits per heavy atom. The average molecular weight is 331 g/mol. The molecule has 0 radical (unpaired) electrons. The number of hydrogen-bond donors (Lipinski definition) is 0. The van der Waals surface area contributed by atoms with Crippen molar-refractivity contribution < 1.29 is 23.7 Å². The number of esters is 1. The fourth-order valence-electron chi connectivity index (χ4n) is 1.81. The zero-order chi connectivity index (χ0) is 14.0. The fourth-order valence-corrected chi connectivity index (χ4v) is 2.21. The first-order valence-electron chi connectivity index (χ1n) is 5.76. The molecular weight excluding hydrogens is 316 g/mol. The van der Waals surface area contributed by atoms with E-state index < -0.39 is 5.60 Å². The van der Waals surface area contributed by atoms with Gasteiger partial charge in [-0.2, -0.15) is 0 Å². The van der Waals surface area contributed by atoms with Crippen molar-refractivity contribution >= 4 is 21.9 Å². The topological polar surface area (TPSA) is 54.0 Å². The summed E-state index contributed by atoms with van der Waals surface area (Å²) in [5.41, 5.74) is -0.892. The number of carbonyl (C=O) groups excluding carboxylic acids is 1. The molecule has 0 spiro atoms. The van der Waals surface area contributed by atoms with Crippen LogP contribution in [0.4, 0.5) is 0 Å². The normalized spacial score (nSPS) is 15.6. The van der Waals surface area contributed by atoms with E-state index >= 15 is 0 Å². The first-order valence-corrected chi connectivity index (χ1v) is 6.55. The lowest BCUT2D eigenvalue weighted by Gasteiger charge is -2.20. The number of ether oxygens (including phenoxy) is 4. The van der Waals surface area contributed by atoms with Crippen LogP contribution in [-0.4, -0.2) is 32.9 Å².